The summed E-state index contributed by atoms with van der Waals surface area (Å²) in [5.41, 5.74) is 1.07. The van der Waals surface area contributed by atoms with Gasteiger partial charge in [-0.3, -0.25) is 0 Å². The molecular formula is C17H28O2. The molecule has 2 nitrogen and oxygen atoms in total. The summed E-state index contributed by atoms with van der Waals surface area (Å²) in [5, 5.41) is 0. The molecule has 0 amide bonds. The fourth-order valence-corrected chi connectivity index (χ4v) is 2.33. The van der Waals surface area contributed by atoms with E-state index in [1.165, 1.54) is 38.5 Å². The summed E-state index contributed by atoms with van der Waals surface area (Å²) >= 11 is 0. The van der Waals surface area contributed by atoms with Crippen molar-refractivity contribution in [2.24, 2.45) is 0 Å². The highest BCUT2D eigenvalue weighted by atomic mass is 16.5. The summed E-state index contributed by atoms with van der Waals surface area (Å²) < 4.78 is 5.35. The predicted molar refractivity (Wildman–Crippen MR) is 80.0 cm³/mol. The van der Waals surface area contributed by atoms with Gasteiger partial charge in [0.25, 0.3) is 0 Å². The summed E-state index contributed by atoms with van der Waals surface area (Å²) in [5.74, 6) is -0.173. The number of carbonyl (C=O) groups is 1. The quantitative estimate of drug-likeness (QED) is 0.412. The molecule has 0 aromatic rings. The number of ether oxygens (including phenoxy) is 1. The van der Waals surface area contributed by atoms with Crippen LogP contribution in [0.4, 0.5) is 0 Å². The molecular weight excluding hydrogens is 236 g/mol. The summed E-state index contributed by atoms with van der Waals surface area (Å²) in [6.07, 6.45) is 16.7. The van der Waals surface area contributed by atoms with E-state index in [-0.39, 0.29) is 12.1 Å². The lowest BCUT2D eigenvalue weighted by Crippen LogP contribution is -2.10. The van der Waals surface area contributed by atoms with Crippen LogP contribution in [-0.2, 0) is 9.53 Å². The summed E-state index contributed by atoms with van der Waals surface area (Å²) in [7, 11) is 0. The van der Waals surface area contributed by atoms with Crippen LogP contribution in [0.5, 0.6) is 0 Å². The van der Waals surface area contributed by atoms with Crippen molar-refractivity contribution in [1.29, 1.82) is 0 Å². The molecule has 1 rings (SSSR count). The molecule has 1 heterocycles. The smallest absolute Gasteiger partial charge is 0.331 e. The highest BCUT2D eigenvalue weighted by Crippen LogP contribution is 2.23. The van der Waals surface area contributed by atoms with Gasteiger partial charge in [0.1, 0.15) is 6.10 Å². The van der Waals surface area contributed by atoms with E-state index in [4.69, 9.17) is 4.74 Å². The van der Waals surface area contributed by atoms with Crippen molar-refractivity contribution in [3.63, 3.8) is 0 Å². The van der Waals surface area contributed by atoms with Gasteiger partial charge in [-0.25, -0.2) is 4.79 Å². The lowest BCUT2D eigenvalue weighted by atomic mass is 10.0. The van der Waals surface area contributed by atoms with E-state index < -0.39 is 0 Å². The first-order valence-corrected chi connectivity index (χ1v) is 7.86. The van der Waals surface area contributed by atoms with Gasteiger partial charge in [-0.1, -0.05) is 64.5 Å². The molecule has 0 N–H and O–H groups in total. The first-order chi connectivity index (χ1) is 9.27. The third-order valence-corrected chi connectivity index (χ3v) is 3.52. The molecule has 1 aliphatic heterocycles. The number of allylic oxidation sites excluding steroid dienone is 1. The second-order valence-electron chi connectivity index (χ2n) is 5.32. The first-order valence-electron chi connectivity index (χ1n) is 7.86. The second-order valence-corrected chi connectivity index (χ2v) is 5.32. The van der Waals surface area contributed by atoms with Gasteiger partial charge in [0.2, 0.25) is 0 Å². The Morgan fingerprint density at radius 2 is 1.84 bits per heavy atom. The molecule has 2 heteroatoms. The van der Waals surface area contributed by atoms with E-state index in [0.29, 0.717) is 0 Å². The molecule has 1 unspecified atom stereocenters. The van der Waals surface area contributed by atoms with Gasteiger partial charge in [-0.05, 0) is 24.8 Å². The van der Waals surface area contributed by atoms with Gasteiger partial charge in [0.15, 0.2) is 0 Å². The van der Waals surface area contributed by atoms with Gasteiger partial charge >= 0.3 is 5.97 Å². The molecule has 1 atom stereocenters. The Morgan fingerprint density at radius 3 is 2.58 bits per heavy atom. The minimum atomic E-state index is -0.173. The number of cyclic esters (lactones) is 1. The van der Waals surface area contributed by atoms with Crippen molar-refractivity contribution >= 4 is 5.97 Å². The number of unbranched alkanes of at least 4 members (excludes halogenated alkanes) is 6. The van der Waals surface area contributed by atoms with Crippen molar-refractivity contribution in [1.82, 2.24) is 0 Å². The van der Waals surface area contributed by atoms with Crippen LogP contribution in [0.3, 0.4) is 0 Å². The third kappa shape index (κ3) is 6.60. The van der Waals surface area contributed by atoms with Gasteiger partial charge in [-0.2, -0.15) is 0 Å². The minimum Gasteiger partial charge on any atom is -0.454 e. The Hall–Kier alpha value is -1.05. The molecule has 0 bridgehead atoms. The van der Waals surface area contributed by atoms with Crippen molar-refractivity contribution in [2.45, 2.75) is 77.7 Å². The molecule has 0 saturated carbocycles. The van der Waals surface area contributed by atoms with Crippen LogP contribution in [0.25, 0.3) is 0 Å². The second kappa shape index (κ2) is 9.82. The topological polar surface area (TPSA) is 26.3 Å². The van der Waals surface area contributed by atoms with Crippen LogP contribution in [0.15, 0.2) is 23.8 Å². The lowest BCUT2D eigenvalue weighted by molar-refractivity contribution is -0.138. The number of esters is 1. The number of hydrogen-bond donors (Lipinski definition) is 0. The van der Waals surface area contributed by atoms with Crippen LogP contribution < -0.4 is 0 Å². The number of carbonyl (C=O) groups excluding carboxylic acids is 1. The van der Waals surface area contributed by atoms with Crippen molar-refractivity contribution in [2.75, 3.05) is 0 Å². The molecule has 0 aromatic heterocycles. The fourth-order valence-electron chi connectivity index (χ4n) is 2.33. The molecule has 0 radical (unpaired) electrons. The SMILES string of the molecule is CCCC/C=C/C1=CC(=O)OC1CCCCCCC. The average Bonchev–Trinajstić information content (AvgIpc) is 2.75. The third-order valence-electron chi connectivity index (χ3n) is 3.52. The average molecular weight is 264 g/mol. The molecule has 0 spiro atoms. The Bertz CT molecular complexity index is 315. The van der Waals surface area contributed by atoms with Crippen LogP contribution in [0, 0.1) is 0 Å². The molecule has 0 saturated heterocycles. The zero-order chi connectivity index (χ0) is 13.9. The first kappa shape index (κ1) is 16.0. The standard InChI is InChI=1S/C17H28O2/c1-3-5-7-9-11-13-16-15(14-17(18)19-16)12-10-8-6-4-2/h10,12,14,16H,3-9,11,13H2,1-2H3/b12-10+. The molecule has 1 aliphatic rings. The predicted octanol–water partition coefficient (Wildman–Crippen LogP) is 4.95. The highest BCUT2D eigenvalue weighted by Gasteiger charge is 2.23. The largest absolute Gasteiger partial charge is 0.454 e. The van der Waals surface area contributed by atoms with Crippen LogP contribution >= 0.6 is 0 Å². The maximum absolute atomic E-state index is 11.4. The Morgan fingerprint density at radius 1 is 1.11 bits per heavy atom. The van der Waals surface area contributed by atoms with Crippen LogP contribution in [0.2, 0.25) is 0 Å². The molecule has 108 valence electrons. The summed E-state index contributed by atoms with van der Waals surface area (Å²) in [4.78, 5) is 11.4. The van der Waals surface area contributed by atoms with Gasteiger partial charge < -0.3 is 4.74 Å². The zero-order valence-corrected chi connectivity index (χ0v) is 12.5. The van der Waals surface area contributed by atoms with E-state index >= 15 is 0 Å². The van der Waals surface area contributed by atoms with Crippen molar-refractivity contribution < 1.29 is 9.53 Å². The molecule has 0 fully saturated rings. The number of rotatable bonds is 10. The zero-order valence-electron chi connectivity index (χ0n) is 12.5. The Labute approximate surface area is 117 Å². The van der Waals surface area contributed by atoms with E-state index in [0.717, 1.165) is 24.8 Å². The fraction of sp³-hybridized carbons (Fsp3) is 0.706. The monoisotopic (exact) mass is 264 g/mol. The summed E-state index contributed by atoms with van der Waals surface area (Å²) in [6.45, 7) is 4.41. The molecule has 0 aromatic carbocycles. The normalized spacial score (nSPS) is 18.9. The lowest BCUT2D eigenvalue weighted by Gasteiger charge is -2.11. The number of hydrogen-bond acceptors (Lipinski definition) is 2. The van der Waals surface area contributed by atoms with E-state index in [1.807, 2.05) is 0 Å². The highest BCUT2D eigenvalue weighted by molar-refractivity contribution is 5.86. The van der Waals surface area contributed by atoms with Crippen LogP contribution in [-0.4, -0.2) is 12.1 Å². The molecule has 19 heavy (non-hydrogen) atoms. The van der Waals surface area contributed by atoms with Crippen molar-refractivity contribution in [3.05, 3.63) is 23.8 Å². The van der Waals surface area contributed by atoms with Gasteiger partial charge in [0, 0.05) is 6.08 Å². The molecule has 0 aliphatic carbocycles. The maximum atomic E-state index is 11.4. The van der Waals surface area contributed by atoms with Crippen molar-refractivity contribution in [3.8, 4) is 0 Å². The van der Waals surface area contributed by atoms with Gasteiger partial charge in [-0.15, -0.1) is 0 Å². The Kier molecular flexibility index (Phi) is 8.28. The minimum absolute atomic E-state index is 0.00648. The Balaban J connectivity index is 2.29. The summed E-state index contributed by atoms with van der Waals surface area (Å²) in [6, 6.07) is 0. The van der Waals surface area contributed by atoms with Gasteiger partial charge in [0.05, 0.1) is 0 Å². The van der Waals surface area contributed by atoms with Crippen LogP contribution in [0.1, 0.15) is 71.6 Å². The van der Waals surface area contributed by atoms with E-state index in [9.17, 15) is 4.79 Å². The van der Waals surface area contributed by atoms with E-state index in [2.05, 4.69) is 26.0 Å². The van der Waals surface area contributed by atoms with E-state index in [1.54, 1.807) is 6.08 Å². The maximum Gasteiger partial charge on any atom is 0.331 e.